The van der Waals surface area contributed by atoms with Crippen molar-refractivity contribution in [1.82, 2.24) is 9.97 Å². The molecule has 4 N–H and O–H groups in total. The summed E-state index contributed by atoms with van der Waals surface area (Å²) in [5, 5.41) is 11.8. The standard InChI is InChI=1S/C20H15N5O.C2H4O2/c21-20-23-6-5-19(25-20)24-14-7-13-10-22-11-16(13)15(9-14)18-8-12-3-1-2-4-17(12)26-18;1-2(3)4/h1-10H,11H2,(H3,21,23,24,25);1H3,(H,3,4). The molecule has 1 aliphatic heterocycles. The molecule has 0 saturated heterocycles. The van der Waals surface area contributed by atoms with Crippen molar-refractivity contribution in [3.8, 4) is 11.3 Å². The van der Waals surface area contributed by atoms with Crippen LogP contribution in [0.5, 0.6) is 0 Å². The quantitative estimate of drug-likeness (QED) is 0.468. The van der Waals surface area contributed by atoms with Gasteiger partial charge in [0.2, 0.25) is 5.95 Å². The summed E-state index contributed by atoms with van der Waals surface area (Å²) in [5.74, 6) is 0.872. The number of hydrogen-bond acceptors (Lipinski definition) is 7. The zero-order valence-corrected chi connectivity index (χ0v) is 16.2. The molecule has 2 aromatic heterocycles. The number of anilines is 3. The van der Waals surface area contributed by atoms with E-state index in [2.05, 4.69) is 38.5 Å². The third kappa shape index (κ3) is 4.12. The van der Waals surface area contributed by atoms with Crippen LogP contribution in [0.2, 0.25) is 0 Å². The molecule has 0 amide bonds. The van der Waals surface area contributed by atoms with Crippen molar-refractivity contribution < 1.29 is 14.3 Å². The van der Waals surface area contributed by atoms with Crippen LogP contribution in [0.25, 0.3) is 22.3 Å². The molecule has 0 aliphatic carbocycles. The van der Waals surface area contributed by atoms with Crippen LogP contribution in [-0.4, -0.2) is 27.3 Å². The van der Waals surface area contributed by atoms with Gasteiger partial charge >= 0.3 is 0 Å². The molecule has 150 valence electrons. The predicted molar refractivity (Wildman–Crippen MR) is 116 cm³/mol. The van der Waals surface area contributed by atoms with Gasteiger partial charge in [-0.3, -0.25) is 9.79 Å². The molecule has 0 unspecified atom stereocenters. The Kier molecular flexibility index (Phi) is 5.13. The molecule has 0 bridgehead atoms. The van der Waals surface area contributed by atoms with Crippen LogP contribution in [-0.2, 0) is 11.3 Å². The van der Waals surface area contributed by atoms with Gasteiger partial charge in [-0.25, -0.2) is 4.98 Å². The van der Waals surface area contributed by atoms with E-state index in [0.29, 0.717) is 12.4 Å². The summed E-state index contributed by atoms with van der Waals surface area (Å²) in [6, 6.07) is 16.0. The highest BCUT2D eigenvalue weighted by Gasteiger charge is 2.18. The zero-order chi connectivity index (χ0) is 21.1. The lowest BCUT2D eigenvalue weighted by Gasteiger charge is -2.11. The minimum atomic E-state index is -0.833. The summed E-state index contributed by atoms with van der Waals surface area (Å²) >= 11 is 0. The number of nitrogens with one attached hydrogen (secondary N) is 1. The summed E-state index contributed by atoms with van der Waals surface area (Å²) in [7, 11) is 0. The van der Waals surface area contributed by atoms with Crippen LogP contribution in [0.4, 0.5) is 17.5 Å². The Morgan fingerprint density at radius 3 is 2.77 bits per heavy atom. The number of aromatic nitrogens is 2. The first-order valence-electron chi connectivity index (χ1n) is 9.20. The van der Waals surface area contributed by atoms with E-state index in [-0.39, 0.29) is 5.95 Å². The molecular formula is C22H19N5O3. The fraction of sp³-hybridized carbons (Fsp3) is 0.0909. The highest BCUT2D eigenvalue weighted by Crippen LogP contribution is 2.36. The molecule has 0 fully saturated rings. The van der Waals surface area contributed by atoms with E-state index in [0.717, 1.165) is 46.0 Å². The molecule has 8 nitrogen and oxygen atoms in total. The average molecular weight is 401 g/mol. The number of furan rings is 1. The largest absolute Gasteiger partial charge is 0.481 e. The Labute approximate surface area is 172 Å². The number of carboxylic acids is 1. The summed E-state index contributed by atoms with van der Waals surface area (Å²) in [4.78, 5) is 21.5. The normalized spacial score (nSPS) is 11.6. The first-order chi connectivity index (χ1) is 14.5. The van der Waals surface area contributed by atoms with E-state index in [4.69, 9.17) is 20.1 Å². The summed E-state index contributed by atoms with van der Waals surface area (Å²) in [5.41, 5.74) is 10.7. The van der Waals surface area contributed by atoms with Crippen LogP contribution < -0.4 is 11.1 Å². The Bertz CT molecular complexity index is 1230. The second-order valence-corrected chi connectivity index (χ2v) is 6.65. The molecule has 0 radical (unpaired) electrons. The van der Waals surface area contributed by atoms with Crippen LogP contribution in [0.1, 0.15) is 18.1 Å². The molecule has 3 heterocycles. The molecule has 2 aromatic carbocycles. The lowest BCUT2D eigenvalue weighted by atomic mass is 10.00. The van der Waals surface area contributed by atoms with Crippen LogP contribution >= 0.6 is 0 Å². The number of carboxylic acid groups (broad SMARTS) is 1. The van der Waals surface area contributed by atoms with Crippen molar-refractivity contribution in [1.29, 1.82) is 0 Å². The first kappa shape index (κ1) is 19.1. The predicted octanol–water partition coefficient (Wildman–Crippen LogP) is 4.24. The number of aliphatic imine (C=N–C) groups is 1. The monoisotopic (exact) mass is 401 g/mol. The Morgan fingerprint density at radius 1 is 1.20 bits per heavy atom. The van der Waals surface area contributed by atoms with E-state index < -0.39 is 5.97 Å². The molecule has 0 atom stereocenters. The maximum absolute atomic E-state index is 9.00. The molecule has 1 aliphatic rings. The summed E-state index contributed by atoms with van der Waals surface area (Å²) < 4.78 is 6.07. The molecule has 8 heteroatoms. The maximum atomic E-state index is 9.00. The van der Waals surface area contributed by atoms with Crippen LogP contribution in [0, 0.1) is 0 Å². The van der Waals surface area contributed by atoms with Crippen molar-refractivity contribution in [2.75, 3.05) is 11.1 Å². The summed E-state index contributed by atoms with van der Waals surface area (Å²) in [6.45, 7) is 1.74. The molecule has 0 spiro atoms. The Balaban J connectivity index is 0.000000503. The highest BCUT2D eigenvalue weighted by molar-refractivity contribution is 5.92. The van der Waals surface area contributed by atoms with Gasteiger partial charge in [0.05, 0.1) is 6.54 Å². The fourth-order valence-electron chi connectivity index (χ4n) is 3.22. The zero-order valence-electron chi connectivity index (χ0n) is 16.2. The van der Waals surface area contributed by atoms with Crippen molar-refractivity contribution in [2.24, 2.45) is 4.99 Å². The van der Waals surface area contributed by atoms with E-state index in [1.165, 1.54) is 0 Å². The average Bonchev–Trinajstić information content (AvgIpc) is 3.33. The number of para-hydroxylation sites is 1. The third-order valence-corrected chi connectivity index (χ3v) is 4.40. The molecular weight excluding hydrogens is 382 g/mol. The number of aliphatic carboxylic acids is 1. The maximum Gasteiger partial charge on any atom is 0.300 e. The van der Waals surface area contributed by atoms with Gasteiger partial charge in [-0.1, -0.05) is 18.2 Å². The van der Waals surface area contributed by atoms with E-state index in [1.54, 1.807) is 12.3 Å². The van der Waals surface area contributed by atoms with Gasteiger partial charge in [-0.2, -0.15) is 4.98 Å². The molecule has 4 aromatic rings. The number of nitrogens with zero attached hydrogens (tertiary/aromatic N) is 3. The molecule has 5 rings (SSSR count). The van der Waals surface area contributed by atoms with E-state index in [1.807, 2.05) is 30.5 Å². The second-order valence-electron chi connectivity index (χ2n) is 6.65. The number of carbonyl (C=O) groups is 1. The van der Waals surface area contributed by atoms with Gasteiger partial charge in [0.25, 0.3) is 5.97 Å². The summed E-state index contributed by atoms with van der Waals surface area (Å²) in [6.07, 6.45) is 3.51. The Hall–Kier alpha value is -4.20. The van der Waals surface area contributed by atoms with E-state index in [9.17, 15) is 0 Å². The number of nitrogens with two attached hydrogens (primary N) is 1. The minimum absolute atomic E-state index is 0.232. The minimum Gasteiger partial charge on any atom is -0.481 e. The van der Waals surface area contributed by atoms with Crippen LogP contribution in [0.3, 0.4) is 0 Å². The second kappa shape index (κ2) is 8.04. The molecule has 30 heavy (non-hydrogen) atoms. The highest BCUT2D eigenvalue weighted by atomic mass is 16.4. The number of rotatable bonds is 3. The smallest absolute Gasteiger partial charge is 0.300 e. The number of nitrogen functional groups attached to an aromatic ring is 1. The topological polar surface area (TPSA) is 127 Å². The number of fused-ring (bicyclic) bond motifs is 2. The Morgan fingerprint density at radius 2 is 2.00 bits per heavy atom. The lowest BCUT2D eigenvalue weighted by molar-refractivity contribution is -0.134. The van der Waals surface area contributed by atoms with Gasteiger partial charge < -0.3 is 20.6 Å². The van der Waals surface area contributed by atoms with Crippen molar-refractivity contribution in [3.05, 3.63) is 65.9 Å². The van der Waals surface area contributed by atoms with Crippen LogP contribution in [0.15, 0.2) is 64.1 Å². The number of hydrogen-bond donors (Lipinski definition) is 3. The fourth-order valence-corrected chi connectivity index (χ4v) is 3.22. The van der Waals surface area contributed by atoms with Gasteiger partial charge in [-0.05, 0) is 35.9 Å². The van der Waals surface area contributed by atoms with Gasteiger partial charge in [0, 0.05) is 41.5 Å². The van der Waals surface area contributed by atoms with Gasteiger partial charge in [0.15, 0.2) is 0 Å². The SMILES string of the molecule is CC(=O)O.Nc1nccc(Nc2cc3c(c(-c4cc5ccccc5o4)c2)CN=C3)n1. The van der Waals surface area contributed by atoms with Gasteiger partial charge in [-0.15, -0.1) is 0 Å². The van der Waals surface area contributed by atoms with Crippen molar-refractivity contribution in [2.45, 2.75) is 13.5 Å². The number of benzene rings is 2. The molecule has 0 saturated carbocycles. The third-order valence-electron chi connectivity index (χ3n) is 4.40. The lowest BCUT2D eigenvalue weighted by Crippen LogP contribution is -2.00. The van der Waals surface area contributed by atoms with Gasteiger partial charge in [0.1, 0.15) is 17.2 Å². The van der Waals surface area contributed by atoms with E-state index >= 15 is 0 Å². The van der Waals surface area contributed by atoms with Crippen molar-refractivity contribution >= 4 is 40.6 Å². The first-order valence-corrected chi connectivity index (χ1v) is 9.20. The van der Waals surface area contributed by atoms with Crippen molar-refractivity contribution in [3.63, 3.8) is 0 Å².